The summed E-state index contributed by atoms with van der Waals surface area (Å²) in [6, 6.07) is 5.53. The van der Waals surface area contributed by atoms with E-state index in [9.17, 15) is 10.2 Å². The molecule has 0 radical (unpaired) electrons. The summed E-state index contributed by atoms with van der Waals surface area (Å²) in [4.78, 5) is 13.8. The number of hydrogen-bond donors (Lipinski definition) is 4. The zero-order valence-electron chi connectivity index (χ0n) is 19.0. The lowest BCUT2D eigenvalue weighted by Gasteiger charge is -2.26. The predicted molar refractivity (Wildman–Crippen MR) is 122 cm³/mol. The van der Waals surface area contributed by atoms with Crippen LogP contribution in [0.2, 0.25) is 0 Å². The van der Waals surface area contributed by atoms with Crippen LogP contribution in [0, 0.1) is 5.92 Å². The van der Waals surface area contributed by atoms with Crippen LogP contribution in [0.3, 0.4) is 0 Å². The Labute approximate surface area is 182 Å². The molecule has 2 aromatic heterocycles. The molecule has 1 aromatic carbocycles. The zero-order chi connectivity index (χ0) is 22.8. The smallest absolute Gasteiger partial charge is 0.226 e. The van der Waals surface area contributed by atoms with Gasteiger partial charge in [-0.3, -0.25) is 0 Å². The SMILES string of the molecule is COc1cccc(CNc2nc(NCC(C)C(C)(C)O)nc3c2ncn3C(C)C)c1O. The van der Waals surface area contributed by atoms with E-state index in [2.05, 4.69) is 39.4 Å². The second-order valence-electron chi connectivity index (χ2n) is 8.57. The van der Waals surface area contributed by atoms with Gasteiger partial charge in [0.15, 0.2) is 28.5 Å². The third-order valence-corrected chi connectivity index (χ3v) is 5.50. The van der Waals surface area contributed by atoms with Crippen LogP contribution in [0.25, 0.3) is 11.2 Å². The first-order valence-corrected chi connectivity index (χ1v) is 10.4. The molecule has 0 saturated heterocycles. The van der Waals surface area contributed by atoms with Gasteiger partial charge in [-0.1, -0.05) is 19.1 Å². The molecular formula is C22H32N6O3. The molecule has 0 bridgehead atoms. The van der Waals surface area contributed by atoms with Crippen molar-refractivity contribution in [2.24, 2.45) is 5.92 Å². The van der Waals surface area contributed by atoms with Crippen LogP contribution in [0.4, 0.5) is 11.8 Å². The highest BCUT2D eigenvalue weighted by Crippen LogP contribution is 2.31. The molecule has 31 heavy (non-hydrogen) atoms. The van der Waals surface area contributed by atoms with Gasteiger partial charge in [0, 0.05) is 30.6 Å². The van der Waals surface area contributed by atoms with Crippen molar-refractivity contribution in [2.75, 3.05) is 24.3 Å². The monoisotopic (exact) mass is 428 g/mol. The molecule has 0 aliphatic heterocycles. The van der Waals surface area contributed by atoms with Gasteiger partial charge in [0.1, 0.15) is 0 Å². The summed E-state index contributed by atoms with van der Waals surface area (Å²) >= 11 is 0. The van der Waals surface area contributed by atoms with Crippen LogP contribution in [0.5, 0.6) is 11.5 Å². The highest BCUT2D eigenvalue weighted by molar-refractivity contribution is 5.84. The highest BCUT2D eigenvalue weighted by Gasteiger charge is 2.23. The topological polar surface area (TPSA) is 117 Å². The number of para-hydroxylation sites is 1. The summed E-state index contributed by atoms with van der Waals surface area (Å²) in [6.07, 6.45) is 1.75. The van der Waals surface area contributed by atoms with Crippen LogP contribution >= 0.6 is 0 Å². The van der Waals surface area contributed by atoms with E-state index in [0.29, 0.717) is 47.3 Å². The van der Waals surface area contributed by atoms with Crippen molar-refractivity contribution < 1.29 is 14.9 Å². The summed E-state index contributed by atoms with van der Waals surface area (Å²) in [5, 5.41) is 27.1. The molecule has 1 atom stereocenters. The number of aromatic hydroxyl groups is 1. The minimum Gasteiger partial charge on any atom is -0.504 e. The second kappa shape index (κ2) is 8.97. The summed E-state index contributed by atoms with van der Waals surface area (Å²) in [7, 11) is 1.52. The lowest BCUT2D eigenvalue weighted by Crippen LogP contribution is -2.33. The normalized spacial score (nSPS) is 12.9. The fourth-order valence-electron chi connectivity index (χ4n) is 3.04. The maximum Gasteiger partial charge on any atom is 0.226 e. The summed E-state index contributed by atoms with van der Waals surface area (Å²) in [5.74, 6) is 1.51. The minimum absolute atomic E-state index is 0.00746. The van der Waals surface area contributed by atoms with Crippen molar-refractivity contribution in [3.05, 3.63) is 30.1 Å². The molecule has 1 unspecified atom stereocenters. The Morgan fingerprint density at radius 3 is 2.55 bits per heavy atom. The van der Waals surface area contributed by atoms with E-state index in [1.807, 2.05) is 23.6 Å². The fraction of sp³-hybridized carbons (Fsp3) is 0.500. The van der Waals surface area contributed by atoms with Crippen molar-refractivity contribution in [1.82, 2.24) is 19.5 Å². The van der Waals surface area contributed by atoms with Gasteiger partial charge in [0.25, 0.3) is 0 Å². The average Bonchev–Trinajstić information content (AvgIpc) is 3.14. The Bertz CT molecular complexity index is 1040. The van der Waals surface area contributed by atoms with E-state index in [1.165, 1.54) is 7.11 Å². The third-order valence-electron chi connectivity index (χ3n) is 5.50. The van der Waals surface area contributed by atoms with Crippen LogP contribution in [0.1, 0.15) is 46.2 Å². The largest absolute Gasteiger partial charge is 0.504 e. The molecule has 0 aliphatic carbocycles. The zero-order valence-corrected chi connectivity index (χ0v) is 19.0. The van der Waals surface area contributed by atoms with E-state index in [4.69, 9.17) is 4.74 Å². The van der Waals surface area contributed by atoms with E-state index in [-0.39, 0.29) is 17.7 Å². The van der Waals surface area contributed by atoms with Crippen molar-refractivity contribution in [3.63, 3.8) is 0 Å². The Hall–Kier alpha value is -3.07. The predicted octanol–water partition coefficient (Wildman–Crippen LogP) is 3.55. The lowest BCUT2D eigenvalue weighted by atomic mass is 9.93. The van der Waals surface area contributed by atoms with Gasteiger partial charge in [-0.2, -0.15) is 9.97 Å². The molecule has 0 spiro atoms. The summed E-state index contributed by atoms with van der Waals surface area (Å²) in [5.41, 5.74) is 1.22. The van der Waals surface area contributed by atoms with Gasteiger partial charge in [0.2, 0.25) is 5.95 Å². The number of fused-ring (bicyclic) bond motifs is 1. The van der Waals surface area contributed by atoms with E-state index < -0.39 is 5.60 Å². The molecule has 3 rings (SSSR count). The molecule has 0 aliphatic rings. The van der Waals surface area contributed by atoms with Gasteiger partial charge in [-0.05, 0) is 33.8 Å². The number of hydrogen-bond acceptors (Lipinski definition) is 8. The van der Waals surface area contributed by atoms with Gasteiger partial charge >= 0.3 is 0 Å². The number of anilines is 2. The van der Waals surface area contributed by atoms with Crippen LogP contribution in [0.15, 0.2) is 24.5 Å². The molecule has 9 heteroatoms. The summed E-state index contributed by atoms with van der Waals surface area (Å²) in [6.45, 7) is 10.5. The van der Waals surface area contributed by atoms with E-state index in [0.717, 1.165) is 0 Å². The van der Waals surface area contributed by atoms with Crippen molar-refractivity contribution in [2.45, 2.75) is 52.8 Å². The number of rotatable bonds is 9. The number of nitrogens with zero attached hydrogens (tertiary/aromatic N) is 4. The van der Waals surface area contributed by atoms with Crippen LogP contribution in [-0.2, 0) is 6.54 Å². The van der Waals surface area contributed by atoms with Crippen LogP contribution in [-0.4, -0.2) is 49.0 Å². The number of phenols is 1. The average molecular weight is 429 g/mol. The first-order valence-electron chi connectivity index (χ1n) is 10.4. The lowest BCUT2D eigenvalue weighted by molar-refractivity contribution is 0.0303. The first-order chi connectivity index (χ1) is 14.6. The number of aromatic nitrogens is 4. The van der Waals surface area contributed by atoms with Crippen molar-refractivity contribution in [3.8, 4) is 11.5 Å². The molecular weight excluding hydrogens is 396 g/mol. The number of imidazole rings is 1. The number of benzene rings is 1. The quantitative estimate of drug-likeness (QED) is 0.409. The van der Waals surface area contributed by atoms with E-state index in [1.54, 1.807) is 26.2 Å². The maximum atomic E-state index is 10.4. The van der Waals surface area contributed by atoms with Crippen molar-refractivity contribution in [1.29, 1.82) is 0 Å². The number of nitrogens with one attached hydrogen (secondary N) is 2. The molecule has 168 valence electrons. The Morgan fingerprint density at radius 2 is 1.90 bits per heavy atom. The molecule has 0 amide bonds. The Kier molecular flexibility index (Phi) is 6.54. The second-order valence-corrected chi connectivity index (χ2v) is 8.57. The highest BCUT2D eigenvalue weighted by atomic mass is 16.5. The standard InChI is InChI=1S/C22H32N6O3/c1-13(2)28-12-25-17-19(23-11-15-8-7-9-16(31-6)18(15)29)26-21(27-20(17)28)24-10-14(3)22(4,5)30/h7-9,12-14,29-30H,10-11H2,1-6H3,(H2,23,24,26,27). The van der Waals surface area contributed by atoms with E-state index >= 15 is 0 Å². The molecule has 0 saturated carbocycles. The summed E-state index contributed by atoms with van der Waals surface area (Å²) < 4.78 is 7.17. The number of phenolic OH excluding ortho intramolecular Hbond substituents is 1. The van der Waals surface area contributed by atoms with Gasteiger partial charge < -0.3 is 30.2 Å². The Morgan fingerprint density at radius 1 is 1.16 bits per heavy atom. The molecule has 4 N–H and O–H groups in total. The van der Waals surface area contributed by atoms with Gasteiger partial charge in [0.05, 0.1) is 19.0 Å². The number of ether oxygens (including phenoxy) is 1. The fourth-order valence-corrected chi connectivity index (χ4v) is 3.04. The Balaban J connectivity index is 1.92. The minimum atomic E-state index is -0.818. The first kappa shape index (κ1) is 22.6. The van der Waals surface area contributed by atoms with Gasteiger partial charge in [-0.25, -0.2) is 4.98 Å². The molecule has 3 aromatic rings. The molecule has 9 nitrogen and oxygen atoms in total. The number of aliphatic hydroxyl groups is 1. The maximum absolute atomic E-state index is 10.4. The van der Waals surface area contributed by atoms with Gasteiger partial charge in [-0.15, -0.1) is 0 Å². The molecule has 2 heterocycles. The number of methoxy groups -OCH3 is 1. The third kappa shape index (κ3) is 4.99. The van der Waals surface area contributed by atoms with Crippen molar-refractivity contribution >= 4 is 22.9 Å². The molecule has 0 fully saturated rings. The van der Waals surface area contributed by atoms with Crippen LogP contribution < -0.4 is 15.4 Å².